The third kappa shape index (κ3) is 3.51. The molecule has 0 aliphatic heterocycles. The van der Waals surface area contributed by atoms with E-state index in [9.17, 15) is 0 Å². The van der Waals surface area contributed by atoms with E-state index in [1.54, 1.807) is 0 Å². The average molecular weight is 265 g/mol. The van der Waals surface area contributed by atoms with Crippen molar-refractivity contribution in [3.05, 3.63) is 34.9 Å². The zero-order valence-corrected chi connectivity index (χ0v) is 12.6. The second kappa shape index (κ2) is 6.10. The minimum atomic E-state index is 0.319. The van der Waals surface area contributed by atoms with Crippen LogP contribution in [0.15, 0.2) is 18.2 Å². The molecule has 2 rings (SSSR count). The van der Waals surface area contributed by atoms with Crippen LogP contribution in [0.5, 0.6) is 0 Å². The molecule has 0 amide bonds. The van der Waals surface area contributed by atoms with Crippen molar-refractivity contribution in [2.75, 3.05) is 0 Å². The van der Waals surface area contributed by atoms with E-state index in [-0.39, 0.29) is 0 Å². The van der Waals surface area contributed by atoms with Crippen LogP contribution >= 0.6 is 11.6 Å². The van der Waals surface area contributed by atoms with E-state index in [2.05, 4.69) is 39.0 Å². The van der Waals surface area contributed by atoms with E-state index in [0.717, 1.165) is 18.3 Å². The highest BCUT2D eigenvalue weighted by Crippen LogP contribution is 2.33. The second-order valence-electron chi connectivity index (χ2n) is 6.16. The van der Waals surface area contributed by atoms with Gasteiger partial charge < -0.3 is 0 Å². The minimum Gasteiger partial charge on any atom is -0.122 e. The second-order valence-corrected chi connectivity index (χ2v) is 6.72. The molecule has 100 valence electrons. The average Bonchev–Trinajstić information content (AvgIpc) is 2.34. The van der Waals surface area contributed by atoms with Crippen molar-refractivity contribution in [1.29, 1.82) is 0 Å². The van der Waals surface area contributed by atoms with Crippen LogP contribution in [0.3, 0.4) is 0 Å². The van der Waals surface area contributed by atoms with Crippen LogP contribution in [-0.4, -0.2) is 5.38 Å². The fraction of sp³-hybridized carbons (Fsp3) is 0.647. The maximum Gasteiger partial charge on any atom is 0.0404 e. The van der Waals surface area contributed by atoms with Crippen molar-refractivity contribution in [3.8, 4) is 0 Å². The van der Waals surface area contributed by atoms with E-state index in [0.29, 0.717) is 5.38 Å². The zero-order valence-electron chi connectivity index (χ0n) is 11.9. The van der Waals surface area contributed by atoms with Gasteiger partial charge in [0.25, 0.3) is 0 Å². The summed E-state index contributed by atoms with van der Waals surface area (Å²) in [5, 5.41) is 0.319. The molecule has 0 radical (unpaired) electrons. The van der Waals surface area contributed by atoms with Crippen LogP contribution in [0.2, 0.25) is 0 Å². The van der Waals surface area contributed by atoms with Gasteiger partial charge in [0.15, 0.2) is 0 Å². The topological polar surface area (TPSA) is 0 Å². The Kier molecular flexibility index (Phi) is 4.72. The van der Waals surface area contributed by atoms with Gasteiger partial charge in [0, 0.05) is 5.38 Å². The van der Waals surface area contributed by atoms with Gasteiger partial charge in [-0.1, -0.05) is 38.0 Å². The van der Waals surface area contributed by atoms with Crippen molar-refractivity contribution in [3.63, 3.8) is 0 Å². The zero-order chi connectivity index (χ0) is 13.1. The van der Waals surface area contributed by atoms with E-state index in [4.69, 9.17) is 11.6 Å². The lowest BCUT2D eigenvalue weighted by atomic mass is 9.80. The molecule has 1 aliphatic carbocycles. The molecule has 1 unspecified atom stereocenters. The predicted octanol–water partition coefficient (Wildman–Crippen LogP) is 5.28. The number of halogens is 1. The number of benzene rings is 1. The molecular weight excluding hydrogens is 240 g/mol. The molecule has 1 aromatic rings. The smallest absolute Gasteiger partial charge is 0.0404 e. The van der Waals surface area contributed by atoms with Crippen molar-refractivity contribution in [1.82, 2.24) is 0 Å². The maximum atomic E-state index is 6.63. The fourth-order valence-corrected chi connectivity index (χ4v) is 3.40. The number of rotatable bonds is 3. The van der Waals surface area contributed by atoms with Crippen LogP contribution in [0, 0.1) is 25.7 Å². The summed E-state index contributed by atoms with van der Waals surface area (Å²) in [5.74, 6) is 1.64. The number of hydrogen-bond acceptors (Lipinski definition) is 0. The van der Waals surface area contributed by atoms with Crippen LogP contribution in [0.25, 0.3) is 0 Å². The molecule has 0 heterocycles. The van der Waals surface area contributed by atoms with Gasteiger partial charge in [-0.25, -0.2) is 0 Å². The Labute approximate surface area is 117 Å². The fourth-order valence-electron chi connectivity index (χ4n) is 2.97. The van der Waals surface area contributed by atoms with Crippen LogP contribution < -0.4 is 0 Å². The molecule has 0 aromatic heterocycles. The molecule has 0 saturated heterocycles. The first-order chi connectivity index (χ1) is 8.56. The normalized spacial score (nSPS) is 26.0. The van der Waals surface area contributed by atoms with Gasteiger partial charge in [0.1, 0.15) is 0 Å². The summed E-state index contributed by atoms with van der Waals surface area (Å²) in [5.41, 5.74) is 4.15. The highest BCUT2D eigenvalue weighted by Gasteiger charge is 2.24. The van der Waals surface area contributed by atoms with Gasteiger partial charge >= 0.3 is 0 Å². The third-order valence-corrected chi connectivity index (χ3v) is 5.08. The van der Waals surface area contributed by atoms with Crippen LogP contribution in [0.1, 0.15) is 49.3 Å². The first kappa shape index (κ1) is 13.9. The molecule has 1 fully saturated rings. The molecule has 0 nitrogen and oxygen atoms in total. The van der Waals surface area contributed by atoms with Crippen molar-refractivity contribution in [2.24, 2.45) is 11.8 Å². The first-order valence-corrected chi connectivity index (χ1v) is 7.70. The molecule has 0 bridgehead atoms. The summed E-state index contributed by atoms with van der Waals surface area (Å²) in [6, 6.07) is 6.76. The molecule has 1 atom stereocenters. The highest BCUT2D eigenvalue weighted by atomic mass is 35.5. The van der Waals surface area contributed by atoms with Gasteiger partial charge in [-0.2, -0.15) is 0 Å². The summed E-state index contributed by atoms with van der Waals surface area (Å²) < 4.78 is 0. The van der Waals surface area contributed by atoms with Crippen LogP contribution in [-0.2, 0) is 6.42 Å². The molecule has 1 saturated carbocycles. The van der Waals surface area contributed by atoms with E-state index < -0.39 is 0 Å². The Balaban J connectivity index is 1.94. The van der Waals surface area contributed by atoms with Crippen molar-refractivity contribution >= 4 is 11.6 Å². The number of alkyl halides is 1. The first-order valence-electron chi connectivity index (χ1n) is 7.26. The summed E-state index contributed by atoms with van der Waals surface area (Å²) in [6.07, 6.45) is 6.39. The van der Waals surface area contributed by atoms with Gasteiger partial charge in [0.05, 0.1) is 0 Å². The SMILES string of the molecule is Cc1ccc(CC(Cl)C2CCC(C)CC2)cc1C. The Bertz CT molecular complexity index is 389. The molecular formula is C17H25Cl. The highest BCUT2D eigenvalue weighted by molar-refractivity contribution is 6.20. The molecule has 1 heteroatoms. The van der Waals surface area contributed by atoms with E-state index in [1.165, 1.54) is 42.4 Å². The molecule has 1 aromatic carbocycles. The minimum absolute atomic E-state index is 0.319. The summed E-state index contributed by atoms with van der Waals surface area (Å²) in [7, 11) is 0. The third-order valence-electron chi connectivity index (χ3n) is 4.57. The summed E-state index contributed by atoms with van der Waals surface area (Å²) in [4.78, 5) is 0. The van der Waals surface area contributed by atoms with E-state index >= 15 is 0 Å². The van der Waals surface area contributed by atoms with Gasteiger partial charge in [-0.15, -0.1) is 11.6 Å². The molecule has 0 spiro atoms. The largest absolute Gasteiger partial charge is 0.122 e. The lowest BCUT2D eigenvalue weighted by Gasteiger charge is -2.29. The summed E-state index contributed by atoms with van der Waals surface area (Å²) in [6.45, 7) is 6.72. The number of hydrogen-bond donors (Lipinski definition) is 0. The number of aryl methyl sites for hydroxylation is 2. The molecule has 18 heavy (non-hydrogen) atoms. The predicted molar refractivity (Wildman–Crippen MR) is 80.4 cm³/mol. The Hall–Kier alpha value is -0.490. The van der Waals surface area contributed by atoms with Gasteiger partial charge in [-0.3, -0.25) is 0 Å². The van der Waals surface area contributed by atoms with Gasteiger partial charge in [-0.05, 0) is 61.6 Å². The van der Waals surface area contributed by atoms with Crippen LogP contribution in [0.4, 0.5) is 0 Å². The standard InChI is InChI=1S/C17H25Cl/c1-12-4-8-16(9-5-12)17(18)11-15-7-6-13(2)14(3)10-15/h6-7,10,12,16-17H,4-5,8-9,11H2,1-3H3. The molecule has 0 N–H and O–H groups in total. The van der Waals surface area contributed by atoms with Gasteiger partial charge in [0.2, 0.25) is 0 Å². The van der Waals surface area contributed by atoms with Crippen molar-refractivity contribution < 1.29 is 0 Å². The molecule has 1 aliphatic rings. The lowest BCUT2D eigenvalue weighted by Crippen LogP contribution is -2.22. The summed E-state index contributed by atoms with van der Waals surface area (Å²) >= 11 is 6.63. The lowest BCUT2D eigenvalue weighted by molar-refractivity contribution is 0.281. The van der Waals surface area contributed by atoms with Crippen molar-refractivity contribution in [2.45, 2.75) is 58.3 Å². The maximum absolute atomic E-state index is 6.63. The Morgan fingerprint density at radius 1 is 1.11 bits per heavy atom. The van der Waals surface area contributed by atoms with E-state index in [1.807, 2.05) is 0 Å². The Morgan fingerprint density at radius 3 is 2.39 bits per heavy atom. The Morgan fingerprint density at radius 2 is 1.78 bits per heavy atom. The monoisotopic (exact) mass is 264 g/mol. The quantitative estimate of drug-likeness (QED) is 0.652.